The molecule has 0 bridgehead atoms. The fourth-order valence-electron chi connectivity index (χ4n) is 1.84. The number of hydrogen-bond donors (Lipinski definition) is 2. The number of benzene rings is 1. The van der Waals surface area contributed by atoms with Gasteiger partial charge in [0, 0.05) is 22.1 Å². The molecule has 0 spiro atoms. The van der Waals surface area contributed by atoms with Gasteiger partial charge < -0.3 is 10.1 Å². The Morgan fingerprint density at radius 3 is 2.65 bits per heavy atom. The molecule has 2 aromatic rings. The number of carbonyl (C=O) groups is 3. The second-order valence-corrected chi connectivity index (χ2v) is 6.87. The predicted molar refractivity (Wildman–Crippen MR) is 100.0 cm³/mol. The minimum Gasteiger partial charge on any atom is -0.452 e. The molecule has 1 aromatic heterocycles. The zero-order valence-electron chi connectivity index (χ0n) is 13.8. The third-order valence-electron chi connectivity index (χ3n) is 2.95. The van der Waals surface area contributed by atoms with Crippen molar-refractivity contribution in [2.75, 3.05) is 13.2 Å². The number of halogens is 1. The smallest absolute Gasteiger partial charge is 0.339 e. The van der Waals surface area contributed by atoms with E-state index in [0.29, 0.717) is 22.0 Å². The zero-order valence-corrected chi connectivity index (χ0v) is 16.2. The van der Waals surface area contributed by atoms with E-state index in [1.807, 2.05) is 12.1 Å². The first-order chi connectivity index (χ1) is 12.5. The monoisotopic (exact) mass is 437 g/mol. The highest BCUT2D eigenvalue weighted by atomic mass is 79.9. The average molecular weight is 438 g/mol. The first kappa shape index (κ1) is 19.9. The molecule has 0 aliphatic carbocycles. The van der Waals surface area contributed by atoms with Crippen molar-refractivity contribution < 1.29 is 19.1 Å². The van der Waals surface area contributed by atoms with Gasteiger partial charge in [-0.2, -0.15) is 0 Å². The number of urea groups is 1. The van der Waals surface area contributed by atoms with Crippen molar-refractivity contribution in [2.45, 2.75) is 16.8 Å². The third kappa shape index (κ3) is 6.16. The minimum absolute atomic E-state index is 0.313. The summed E-state index contributed by atoms with van der Waals surface area (Å²) in [5, 5.41) is 5.18. The van der Waals surface area contributed by atoms with Gasteiger partial charge in [-0.1, -0.05) is 23.9 Å². The number of pyridine rings is 1. The molecule has 9 heteroatoms. The van der Waals surface area contributed by atoms with E-state index in [9.17, 15) is 14.4 Å². The van der Waals surface area contributed by atoms with Gasteiger partial charge in [-0.3, -0.25) is 10.1 Å². The number of carbonyl (C=O) groups excluding carboxylic acids is 3. The molecular formula is C17H16BrN3O4S. The molecule has 3 amide bonds. The summed E-state index contributed by atoms with van der Waals surface area (Å²) in [7, 11) is 0. The van der Waals surface area contributed by atoms with Gasteiger partial charge in [-0.25, -0.2) is 14.6 Å². The van der Waals surface area contributed by atoms with Crippen molar-refractivity contribution in [3.05, 3.63) is 52.6 Å². The fourth-order valence-corrected chi connectivity index (χ4v) is 2.95. The average Bonchev–Trinajstić information content (AvgIpc) is 2.62. The Balaban J connectivity index is 1.99. The van der Waals surface area contributed by atoms with Gasteiger partial charge in [0.1, 0.15) is 5.03 Å². The molecule has 0 atom stereocenters. The number of aromatic nitrogens is 1. The molecule has 2 N–H and O–H groups in total. The number of nitrogens with one attached hydrogen (secondary N) is 2. The first-order valence-electron chi connectivity index (χ1n) is 7.63. The lowest BCUT2D eigenvalue weighted by atomic mass is 10.2. The van der Waals surface area contributed by atoms with Crippen LogP contribution in [-0.2, 0) is 9.53 Å². The normalized spacial score (nSPS) is 10.1. The van der Waals surface area contributed by atoms with Gasteiger partial charge in [0.05, 0.1) is 5.56 Å². The molecule has 1 aromatic carbocycles. The summed E-state index contributed by atoms with van der Waals surface area (Å²) in [6.07, 6.45) is 1.66. The van der Waals surface area contributed by atoms with Gasteiger partial charge in [-0.15, -0.1) is 0 Å². The SMILES string of the molecule is CCNC(=O)NC(=O)COC(=O)c1ccccc1Sc1ccc(Br)cn1. The van der Waals surface area contributed by atoms with Crippen LogP contribution in [0.5, 0.6) is 0 Å². The molecule has 0 saturated carbocycles. The molecule has 7 nitrogen and oxygen atoms in total. The van der Waals surface area contributed by atoms with Crippen LogP contribution in [0.3, 0.4) is 0 Å². The molecule has 2 rings (SSSR count). The molecule has 0 aliphatic heterocycles. The largest absolute Gasteiger partial charge is 0.452 e. The van der Waals surface area contributed by atoms with Crippen LogP contribution in [0.25, 0.3) is 0 Å². The topological polar surface area (TPSA) is 97.4 Å². The molecule has 0 unspecified atom stereocenters. The second-order valence-electron chi connectivity index (χ2n) is 4.90. The van der Waals surface area contributed by atoms with Crippen LogP contribution in [0.4, 0.5) is 4.79 Å². The Morgan fingerprint density at radius 1 is 1.19 bits per heavy atom. The molecule has 1 heterocycles. The van der Waals surface area contributed by atoms with Crippen LogP contribution in [-0.4, -0.2) is 36.0 Å². The maximum absolute atomic E-state index is 12.3. The van der Waals surface area contributed by atoms with Crippen molar-refractivity contribution in [2.24, 2.45) is 0 Å². The van der Waals surface area contributed by atoms with Crippen LogP contribution >= 0.6 is 27.7 Å². The van der Waals surface area contributed by atoms with Crippen LogP contribution < -0.4 is 10.6 Å². The van der Waals surface area contributed by atoms with E-state index >= 15 is 0 Å². The number of ether oxygens (including phenoxy) is 1. The summed E-state index contributed by atoms with van der Waals surface area (Å²) in [6, 6.07) is 9.89. The highest BCUT2D eigenvalue weighted by Crippen LogP contribution is 2.29. The Labute approximate surface area is 163 Å². The van der Waals surface area contributed by atoms with Crippen LogP contribution in [0.15, 0.2) is 57.0 Å². The van der Waals surface area contributed by atoms with Crippen molar-refractivity contribution in [1.29, 1.82) is 0 Å². The van der Waals surface area contributed by atoms with Gasteiger partial charge in [0.2, 0.25) is 0 Å². The van der Waals surface area contributed by atoms with E-state index < -0.39 is 24.5 Å². The van der Waals surface area contributed by atoms with Crippen molar-refractivity contribution in [3.63, 3.8) is 0 Å². The van der Waals surface area contributed by atoms with Crippen molar-refractivity contribution in [3.8, 4) is 0 Å². The van der Waals surface area contributed by atoms with Crippen LogP contribution in [0.1, 0.15) is 17.3 Å². The molecule has 0 saturated heterocycles. The zero-order chi connectivity index (χ0) is 18.9. The summed E-state index contributed by atoms with van der Waals surface area (Å²) in [6.45, 7) is 1.55. The van der Waals surface area contributed by atoms with E-state index in [-0.39, 0.29) is 0 Å². The van der Waals surface area contributed by atoms with Crippen LogP contribution in [0, 0.1) is 0 Å². The van der Waals surface area contributed by atoms with Crippen molar-refractivity contribution >= 4 is 45.6 Å². The Kier molecular flexibility index (Phi) is 7.61. The van der Waals surface area contributed by atoms with Gasteiger partial charge in [0.25, 0.3) is 5.91 Å². The maximum atomic E-state index is 12.3. The van der Waals surface area contributed by atoms with E-state index in [0.717, 1.165) is 4.47 Å². The Morgan fingerprint density at radius 2 is 1.96 bits per heavy atom. The number of amides is 3. The van der Waals surface area contributed by atoms with Gasteiger partial charge in [-0.05, 0) is 47.1 Å². The number of rotatable bonds is 6. The fraction of sp³-hybridized carbons (Fsp3) is 0.176. The number of nitrogens with zero attached hydrogens (tertiary/aromatic N) is 1. The van der Waals surface area contributed by atoms with Gasteiger partial charge in [0.15, 0.2) is 6.61 Å². The summed E-state index contributed by atoms with van der Waals surface area (Å²) >= 11 is 4.62. The highest BCUT2D eigenvalue weighted by molar-refractivity contribution is 9.10. The molecule has 0 fully saturated rings. The Hall–Kier alpha value is -2.39. The lowest BCUT2D eigenvalue weighted by molar-refractivity contribution is -0.123. The molecule has 26 heavy (non-hydrogen) atoms. The molecule has 136 valence electrons. The first-order valence-corrected chi connectivity index (χ1v) is 9.23. The standard InChI is InChI=1S/C17H16BrN3O4S/c1-2-19-17(24)21-14(22)10-25-16(23)12-5-3-4-6-13(12)26-15-8-7-11(18)9-20-15/h3-9H,2,10H2,1H3,(H2,19,21,22,24). The summed E-state index contributed by atoms with van der Waals surface area (Å²) in [4.78, 5) is 40.0. The lowest BCUT2D eigenvalue weighted by Gasteiger charge is -2.09. The second kappa shape index (κ2) is 9.93. The van der Waals surface area contributed by atoms with Crippen molar-refractivity contribution in [1.82, 2.24) is 15.6 Å². The van der Waals surface area contributed by atoms with Crippen LogP contribution in [0.2, 0.25) is 0 Å². The number of esters is 1. The number of hydrogen-bond acceptors (Lipinski definition) is 6. The maximum Gasteiger partial charge on any atom is 0.339 e. The summed E-state index contributed by atoms with van der Waals surface area (Å²) in [5.74, 6) is -1.36. The third-order valence-corrected chi connectivity index (χ3v) is 4.44. The van der Waals surface area contributed by atoms with E-state index in [1.54, 1.807) is 37.4 Å². The molecular weight excluding hydrogens is 422 g/mol. The van der Waals surface area contributed by atoms with Gasteiger partial charge >= 0.3 is 12.0 Å². The number of imide groups is 1. The summed E-state index contributed by atoms with van der Waals surface area (Å²) in [5.41, 5.74) is 0.313. The molecule has 0 aliphatic rings. The van der Waals surface area contributed by atoms with E-state index in [4.69, 9.17) is 4.74 Å². The van der Waals surface area contributed by atoms with E-state index in [2.05, 4.69) is 31.5 Å². The quantitative estimate of drug-likeness (QED) is 0.674. The predicted octanol–water partition coefficient (Wildman–Crippen LogP) is 3.00. The molecule has 0 radical (unpaired) electrons. The Bertz CT molecular complexity index is 799. The highest BCUT2D eigenvalue weighted by Gasteiger charge is 2.16. The summed E-state index contributed by atoms with van der Waals surface area (Å²) < 4.78 is 5.85. The van der Waals surface area contributed by atoms with E-state index in [1.165, 1.54) is 11.8 Å². The lowest BCUT2D eigenvalue weighted by Crippen LogP contribution is -2.41. The minimum atomic E-state index is -0.705.